The lowest BCUT2D eigenvalue weighted by molar-refractivity contribution is -0.311. The number of nitrogens with zero attached hydrogens (tertiary/aromatic N) is 1. The zero-order valence-corrected chi connectivity index (χ0v) is 18.2. The van der Waals surface area contributed by atoms with Crippen LogP contribution in [-0.4, -0.2) is 35.2 Å². The van der Waals surface area contributed by atoms with Gasteiger partial charge in [0.2, 0.25) is 0 Å². The van der Waals surface area contributed by atoms with Gasteiger partial charge < -0.3 is 0 Å². The number of benzene rings is 1. The molecule has 1 N–H and O–H groups in total. The lowest BCUT2D eigenvalue weighted by Gasteiger charge is -2.55. The summed E-state index contributed by atoms with van der Waals surface area (Å²) in [5.74, 6) is 0.479. The molecule has 1 saturated heterocycles. The molecule has 1 atom stereocenters. The molecule has 1 aliphatic carbocycles. The van der Waals surface area contributed by atoms with Crippen molar-refractivity contribution in [2.75, 3.05) is 0 Å². The molecule has 156 valence electrons. The van der Waals surface area contributed by atoms with Crippen LogP contribution in [0.15, 0.2) is 41.3 Å². The minimum absolute atomic E-state index is 0.0540. The zero-order valence-electron chi connectivity index (χ0n) is 17.4. The van der Waals surface area contributed by atoms with Crippen LogP contribution < -0.4 is 0 Å². The second-order valence-electron chi connectivity index (χ2n) is 9.53. The molecule has 0 amide bonds. The molecule has 1 aromatic rings. The first kappa shape index (κ1) is 21.5. The Bertz CT molecular complexity index is 793. The van der Waals surface area contributed by atoms with Gasteiger partial charge in [0.25, 0.3) is 10.1 Å². The highest BCUT2D eigenvalue weighted by molar-refractivity contribution is 7.85. The number of rotatable bonds is 5. The van der Waals surface area contributed by atoms with Crippen LogP contribution in [0.1, 0.15) is 65.4 Å². The first-order valence-corrected chi connectivity index (χ1v) is 11.6. The van der Waals surface area contributed by atoms with Crippen molar-refractivity contribution >= 4 is 10.1 Å². The van der Waals surface area contributed by atoms with Gasteiger partial charge in [-0.3, -0.25) is 9.39 Å². The molecule has 1 unspecified atom stereocenters. The number of hydrogen-bond acceptors (Lipinski definition) is 4. The Morgan fingerprint density at radius 2 is 1.68 bits per heavy atom. The van der Waals surface area contributed by atoms with E-state index in [1.165, 1.54) is 12.1 Å². The normalized spacial score (nSPS) is 25.7. The molecule has 0 aromatic heterocycles. The lowest BCUT2D eigenvalue weighted by Crippen LogP contribution is -2.61. The first-order chi connectivity index (χ1) is 13.0. The van der Waals surface area contributed by atoms with E-state index < -0.39 is 10.1 Å². The lowest BCUT2D eigenvalue weighted by atomic mass is 9.73. The van der Waals surface area contributed by atoms with Crippen molar-refractivity contribution in [2.24, 2.45) is 5.92 Å². The van der Waals surface area contributed by atoms with Crippen LogP contribution in [0.4, 0.5) is 0 Å². The second kappa shape index (κ2) is 7.90. The summed E-state index contributed by atoms with van der Waals surface area (Å²) in [7, 11) is -4.14. The fourth-order valence-electron chi connectivity index (χ4n) is 5.04. The third-order valence-electron chi connectivity index (χ3n) is 5.90. The fraction of sp³-hybridized carbons (Fsp3) is 0.636. The van der Waals surface area contributed by atoms with Gasteiger partial charge in [-0.05, 0) is 89.8 Å². The second-order valence-corrected chi connectivity index (χ2v) is 11.0. The first-order valence-electron chi connectivity index (χ1n) is 10.2. The summed E-state index contributed by atoms with van der Waals surface area (Å²) in [6, 6.07) is 6.58. The molecule has 0 radical (unpaired) electrons. The monoisotopic (exact) mass is 407 g/mol. The fourth-order valence-corrected chi connectivity index (χ4v) is 5.52. The van der Waals surface area contributed by atoms with Gasteiger partial charge in [-0.15, -0.1) is 0 Å². The van der Waals surface area contributed by atoms with Gasteiger partial charge in [-0.25, -0.2) is 0 Å². The molecule has 28 heavy (non-hydrogen) atoms. The number of allylic oxidation sites excluding steroid dienone is 1. The van der Waals surface area contributed by atoms with Crippen LogP contribution in [0.2, 0.25) is 0 Å². The van der Waals surface area contributed by atoms with Crippen LogP contribution in [0.3, 0.4) is 0 Å². The molecule has 5 nitrogen and oxygen atoms in total. The van der Waals surface area contributed by atoms with E-state index in [-0.39, 0.29) is 22.1 Å². The van der Waals surface area contributed by atoms with Crippen LogP contribution in [0.25, 0.3) is 0 Å². The Hall–Kier alpha value is -1.21. The third kappa shape index (κ3) is 5.03. The van der Waals surface area contributed by atoms with Crippen molar-refractivity contribution < 1.29 is 17.8 Å². The summed E-state index contributed by atoms with van der Waals surface area (Å²) in [5, 5.41) is 2.24. The van der Waals surface area contributed by atoms with Crippen LogP contribution in [0.5, 0.6) is 0 Å². The van der Waals surface area contributed by atoms with E-state index >= 15 is 0 Å². The largest absolute Gasteiger partial charge is 0.294 e. The Kier molecular flexibility index (Phi) is 6.07. The van der Waals surface area contributed by atoms with Crippen molar-refractivity contribution in [1.82, 2.24) is 5.06 Å². The molecular weight excluding hydrogens is 374 g/mol. The molecule has 0 saturated carbocycles. The number of hydrogen-bond donors (Lipinski definition) is 1. The predicted octanol–water partition coefficient (Wildman–Crippen LogP) is 4.79. The van der Waals surface area contributed by atoms with Crippen LogP contribution in [-0.2, 0) is 21.4 Å². The molecule has 1 heterocycles. The Balaban J connectivity index is 1.70. The van der Waals surface area contributed by atoms with E-state index in [1.54, 1.807) is 12.1 Å². The summed E-state index contributed by atoms with van der Waals surface area (Å²) >= 11 is 0. The van der Waals surface area contributed by atoms with Gasteiger partial charge in [0, 0.05) is 11.1 Å². The highest BCUT2D eigenvalue weighted by Gasteiger charge is 2.47. The summed E-state index contributed by atoms with van der Waals surface area (Å²) in [6.07, 6.45) is 10.8. The topological polar surface area (TPSA) is 66.8 Å². The third-order valence-corrected chi connectivity index (χ3v) is 6.76. The maximum atomic E-state index is 11.2. The molecule has 2 aliphatic rings. The highest BCUT2D eigenvalue weighted by Crippen LogP contribution is 2.43. The van der Waals surface area contributed by atoms with Gasteiger partial charge in [-0.2, -0.15) is 13.5 Å². The van der Waals surface area contributed by atoms with Crippen molar-refractivity contribution in [3.63, 3.8) is 0 Å². The van der Waals surface area contributed by atoms with Crippen molar-refractivity contribution in [1.29, 1.82) is 0 Å². The van der Waals surface area contributed by atoms with Gasteiger partial charge >= 0.3 is 0 Å². The van der Waals surface area contributed by atoms with Gasteiger partial charge in [0.15, 0.2) is 0 Å². The van der Waals surface area contributed by atoms with E-state index in [0.29, 0.717) is 5.92 Å². The highest BCUT2D eigenvalue weighted by atomic mass is 32.2. The van der Waals surface area contributed by atoms with Gasteiger partial charge in [-0.1, -0.05) is 24.3 Å². The predicted molar refractivity (Wildman–Crippen MR) is 111 cm³/mol. The molecule has 3 rings (SSSR count). The molecule has 0 bridgehead atoms. The van der Waals surface area contributed by atoms with E-state index in [1.807, 2.05) is 0 Å². The van der Waals surface area contributed by atoms with Gasteiger partial charge in [0.1, 0.15) is 0 Å². The average Bonchev–Trinajstić information content (AvgIpc) is 2.58. The zero-order chi connectivity index (χ0) is 20.6. The molecule has 1 aliphatic heterocycles. The summed E-state index contributed by atoms with van der Waals surface area (Å²) in [5.41, 5.74) is 0.931. The Morgan fingerprint density at radius 1 is 1.07 bits per heavy atom. The minimum atomic E-state index is -4.14. The smallest absolute Gasteiger partial charge is 0.294 e. The Morgan fingerprint density at radius 3 is 2.18 bits per heavy atom. The Labute approximate surface area is 169 Å². The standard InChI is InChI=1S/C22H33NO4S/c1-21(2)15-18(14-17-10-12-20(13-11-17)28(24,25)26)16-22(3,4)23(21)27-19-8-6-5-7-9-19/h5-6,10-13,18-19H,7-9,14-16H2,1-4H3,(H,24,25,26). The van der Waals surface area contributed by atoms with Crippen molar-refractivity contribution in [2.45, 2.75) is 88.3 Å². The van der Waals surface area contributed by atoms with E-state index in [0.717, 1.165) is 44.1 Å². The van der Waals surface area contributed by atoms with E-state index in [4.69, 9.17) is 9.39 Å². The molecule has 1 fully saturated rings. The summed E-state index contributed by atoms with van der Waals surface area (Å²) < 4.78 is 31.6. The van der Waals surface area contributed by atoms with Crippen LogP contribution in [0, 0.1) is 5.92 Å². The quantitative estimate of drug-likeness (QED) is 0.562. The van der Waals surface area contributed by atoms with E-state index in [9.17, 15) is 8.42 Å². The maximum Gasteiger partial charge on any atom is 0.294 e. The molecule has 0 spiro atoms. The summed E-state index contributed by atoms with van der Waals surface area (Å²) in [4.78, 5) is 6.45. The molecule has 1 aromatic carbocycles. The number of hydroxylamine groups is 2. The number of piperidine rings is 1. The molecular formula is C22H33NO4S. The maximum absolute atomic E-state index is 11.2. The van der Waals surface area contributed by atoms with Crippen molar-refractivity contribution in [3.8, 4) is 0 Å². The summed E-state index contributed by atoms with van der Waals surface area (Å²) in [6.45, 7) is 9.00. The molecule has 6 heteroatoms. The minimum Gasteiger partial charge on any atom is -0.294 e. The average molecular weight is 408 g/mol. The van der Waals surface area contributed by atoms with Gasteiger partial charge in [0.05, 0.1) is 11.0 Å². The van der Waals surface area contributed by atoms with E-state index in [2.05, 4.69) is 44.9 Å². The SMILES string of the molecule is CC1(C)CC(Cc2ccc(S(=O)(=O)O)cc2)CC(C)(C)N1OC1CC=CCC1. The van der Waals surface area contributed by atoms with Crippen molar-refractivity contribution in [3.05, 3.63) is 42.0 Å². The van der Waals surface area contributed by atoms with Crippen LogP contribution >= 0.6 is 0 Å².